The van der Waals surface area contributed by atoms with Gasteiger partial charge >= 0.3 is 0 Å². The highest BCUT2D eigenvalue weighted by molar-refractivity contribution is 7.11. The molecule has 0 bridgehead atoms. The number of carbonyl (C=O) groups is 1. The molecule has 0 aliphatic rings. The molecule has 2 aromatic heterocycles. The van der Waals surface area contributed by atoms with Crippen LogP contribution in [0.25, 0.3) is 0 Å². The summed E-state index contributed by atoms with van der Waals surface area (Å²) in [5.41, 5.74) is 3.65. The third-order valence-corrected chi connectivity index (χ3v) is 6.94. The number of aliphatic imine (C=N–C) groups is 1. The monoisotopic (exact) mass is 549 g/mol. The van der Waals surface area contributed by atoms with Crippen molar-refractivity contribution in [2.45, 2.75) is 20.0 Å². The summed E-state index contributed by atoms with van der Waals surface area (Å²) in [4.78, 5) is 25.4. The Morgan fingerprint density at radius 3 is 2.29 bits per heavy atom. The van der Waals surface area contributed by atoms with Crippen LogP contribution in [-0.2, 0) is 13.1 Å². The van der Waals surface area contributed by atoms with Crippen molar-refractivity contribution in [3.63, 3.8) is 0 Å². The average molecular weight is 550 g/mol. The van der Waals surface area contributed by atoms with Gasteiger partial charge in [0.05, 0.1) is 27.0 Å². The summed E-state index contributed by atoms with van der Waals surface area (Å²) in [5, 5.41) is 2.37. The van der Waals surface area contributed by atoms with Gasteiger partial charge in [-0.1, -0.05) is 23.7 Å². The lowest BCUT2D eigenvalue weighted by Crippen LogP contribution is -2.30. The Bertz CT molecular complexity index is 1400. The van der Waals surface area contributed by atoms with E-state index in [0.29, 0.717) is 28.0 Å². The van der Waals surface area contributed by atoms with Crippen molar-refractivity contribution in [3.8, 4) is 17.2 Å². The van der Waals surface area contributed by atoms with Crippen LogP contribution in [-0.4, -0.2) is 43.3 Å². The van der Waals surface area contributed by atoms with Crippen molar-refractivity contribution in [1.29, 1.82) is 0 Å². The van der Waals surface area contributed by atoms with Crippen LogP contribution in [0.5, 0.6) is 17.2 Å². The van der Waals surface area contributed by atoms with Crippen molar-refractivity contribution in [1.82, 2.24) is 9.88 Å². The lowest BCUT2D eigenvalue weighted by atomic mass is 10.1. The van der Waals surface area contributed by atoms with E-state index < -0.39 is 0 Å². The topological polar surface area (TPSA) is 73.2 Å². The SMILES string of the molecule is COc1cc(CN(Cc2ccc(C)nc2Cl)C(=O)c2ccc(N=Cc3cccs3)cc2)cc(OC)c1OC. The largest absolute Gasteiger partial charge is 0.493 e. The average Bonchev–Trinajstić information content (AvgIpc) is 3.46. The Hall–Kier alpha value is -3.88. The van der Waals surface area contributed by atoms with E-state index in [2.05, 4.69) is 9.98 Å². The van der Waals surface area contributed by atoms with Gasteiger partial charge in [-0.2, -0.15) is 0 Å². The van der Waals surface area contributed by atoms with Gasteiger partial charge < -0.3 is 19.1 Å². The zero-order valence-corrected chi connectivity index (χ0v) is 23.2. The highest BCUT2D eigenvalue weighted by atomic mass is 35.5. The molecule has 196 valence electrons. The second kappa shape index (κ2) is 12.6. The van der Waals surface area contributed by atoms with Crippen molar-refractivity contribution in [3.05, 3.63) is 98.5 Å². The first kappa shape index (κ1) is 27.2. The summed E-state index contributed by atoms with van der Waals surface area (Å²) >= 11 is 8.05. The van der Waals surface area contributed by atoms with Gasteiger partial charge in [-0.05, 0) is 66.4 Å². The van der Waals surface area contributed by atoms with Crippen LogP contribution in [0, 0.1) is 6.92 Å². The maximum absolute atomic E-state index is 13.8. The van der Waals surface area contributed by atoms with Crippen molar-refractivity contribution >= 4 is 40.7 Å². The molecule has 2 aromatic carbocycles. The summed E-state index contributed by atoms with van der Waals surface area (Å²) in [6.07, 6.45) is 1.81. The lowest BCUT2D eigenvalue weighted by molar-refractivity contribution is 0.0729. The van der Waals surface area contributed by atoms with Crippen molar-refractivity contribution in [2.24, 2.45) is 4.99 Å². The molecule has 9 heteroatoms. The third-order valence-electron chi connectivity index (χ3n) is 5.81. The Morgan fingerprint density at radius 2 is 1.71 bits per heavy atom. The number of benzene rings is 2. The molecule has 0 saturated heterocycles. The summed E-state index contributed by atoms with van der Waals surface area (Å²) < 4.78 is 16.5. The molecule has 4 rings (SSSR count). The highest BCUT2D eigenvalue weighted by Crippen LogP contribution is 2.38. The minimum absolute atomic E-state index is 0.163. The van der Waals surface area contributed by atoms with Crippen molar-refractivity contribution < 1.29 is 19.0 Å². The highest BCUT2D eigenvalue weighted by Gasteiger charge is 2.21. The van der Waals surface area contributed by atoms with Crippen LogP contribution in [0.4, 0.5) is 5.69 Å². The molecule has 0 spiro atoms. The first-order valence-corrected chi connectivity index (χ1v) is 13.1. The second-order valence-corrected chi connectivity index (χ2v) is 9.76. The predicted molar refractivity (Wildman–Crippen MR) is 152 cm³/mol. The zero-order valence-electron chi connectivity index (χ0n) is 21.6. The van der Waals surface area contributed by atoms with E-state index in [1.807, 2.05) is 67.0 Å². The number of rotatable bonds is 10. The molecule has 0 aliphatic carbocycles. The summed E-state index contributed by atoms with van der Waals surface area (Å²) in [7, 11) is 4.67. The molecule has 0 unspecified atom stereocenters. The van der Waals surface area contributed by atoms with Crippen LogP contribution in [0.1, 0.15) is 32.1 Å². The van der Waals surface area contributed by atoms with E-state index in [1.54, 1.807) is 49.7 Å². The molecule has 7 nitrogen and oxygen atoms in total. The Kier molecular flexibility index (Phi) is 8.99. The number of hydrogen-bond donors (Lipinski definition) is 0. The standard InChI is InChI=1S/C29H28ClN3O4S/c1-19-7-8-22(28(30)32-19)18-33(17-20-14-25(35-2)27(37-4)26(15-20)36-3)29(34)21-9-11-23(12-10-21)31-16-24-6-5-13-38-24/h5-16H,17-18H2,1-4H3. The number of nitrogens with zero attached hydrogens (tertiary/aromatic N) is 3. The van der Waals surface area contributed by atoms with Crippen LogP contribution in [0.3, 0.4) is 0 Å². The second-order valence-electron chi connectivity index (χ2n) is 8.42. The summed E-state index contributed by atoms with van der Waals surface area (Å²) in [6, 6.07) is 18.6. The lowest BCUT2D eigenvalue weighted by Gasteiger charge is -2.24. The van der Waals surface area contributed by atoms with Crippen LogP contribution >= 0.6 is 22.9 Å². The fraction of sp³-hybridized carbons (Fsp3) is 0.207. The van der Waals surface area contributed by atoms with Crippen LogP contribution in [0.15, 0.2) is 71.0 Å². The van der Waals surface area contributed by atoms with Gasteiger partial charge in [0.15, 0.2) is 11.5 Å². The zero-order chi connectivity index (χ0) is 27.1. The number of methoxy groups -OCH3 is 3. The fourth-order valence-corrected chi connectivity index (χ4v) is 4.74. The van der Waals surface area contributed by atoms with Crippen molar-refractivity contribution in [2.75, 3.05) is 21.3 Å². The minimum Gasteiger partial charge on any atom is -0.493 e. The predicted octanol–water partition coefficient (Wildman–Crippen LogP) is 6.72. The van der Waals surface area contributed by atoms with E-state index in [9.17, 15) is 4.79 Å². The molecule has 0 saturated carbocycles. The quantitative estimate of drug-likeness (QED) is 0.162. The number of aryl methyl sites for hydroxylation is 1. The molecule has 1 amide bonds. The smallest absolute Gasteiger partial charge is 0.254 e. The van der Waals surface area contributed by atoms with Crippen LogP contribution < -0.4 is 14.2 Å². The number of ether oxygens (including phenoxy) is 3. The van der Waals surface area contributed by atoms with Gasteiger partial charge in [-0.25, -0.2) is 4.98 Å². The van der Waals surface area contributed by atoms with E-state index >= 15 is 0 Å². The molecule has 2 heterocycles. The van der Waals surface area contributed by atoms with E-state index in [0.717, 1.165) is 27.4 Å². The Morgan fingerprint density at radius 1 is 1.00 bits per heavy atom. The van der Waals surface area contributed by atoms with Gasteiger partial charge in [-0.3, -0.25) is 9.79 Å². The van der Waals surface area contributed by atoms with E-state index in [4.69, 9.17) is 25.8 Å². The van der Waals surface area contributed by atoms with Crippen LogP contribution in [0.2, 0.25) is 5.15 Å². The molecule has 0 radical (unpaired) electrons. The molecule has 0 fully saturated rings. The Labute approximate surface area is 231 Å². The number of halogens is 1. The molecule has 38 heavy (non-hydrogen) atoms. The van der Waals surface area contributed by atoms with Gasteiger partial charge in [-0.15, -0.1) is 11.3 Å². The van der Waals surface area contributed by atoms with Gasteiger partial charge in [0.2, 0.25) is 5.75 Å². The summed E-state index contributed by atoms with van der Waals surface area (Å²) in [6.45, 7) is 2.41. The number of pyridine rings is 1. The number of hydrogen-bond acceptors (Lipinski definition) is 7. The molecule has 0 atom stereocenters. The molecule has 0 aliphatic heterocycles. The maximum atomic E-state index is 13.8. The molecular formula is C29H28ClN3O4S. The molecule has 0 N–H and O–H groups in total. The van der Waals surface area contributed by atoms with E-state index in [1.165, 1.54) is 0 Å². The third kappa shape index (κ3) is 6.51. The maximum Gasteiger partial charge on any atom is 0.254 e. The number of carbonyl (C=O) groups excluding carboxylic acids is 1. The molecular weight excluding hydrogens is 522 g/mol. The number of amides is 1. The first-order valence-electron chi connectivity index (χ1n) is 11.8. The molecule has 4 aromatic rings. The number of thiophene rings is 1. The van der Waals surface area contributed by atoms with Gasteiger partial charge in [0.25, 0.3) is 5.91 Å². The normalized spacial score (nSPS) is 11.0. The fourth-order valence-electron chi connectivity index (χ4n) is 3.90. The number of aromatic nitrogens is 1. The van der Waals surface area contributed by atoms with Gasteiger partial charge in [0, 0.05) is 41.0 Å². The van der Waals surface area contributed by atoms with Gasteiger partial charge in [0.1, 0.15) is 5.15 Å². The Balaban J connectivity index is 1.64. The first-order chi connectivity index (χ1) is 18.4. The van der Waals surface area contributed by atoms with E-state index in [-0.39, 0.29) is 19.0 Å². The summed E-state index contributed by atoms with van der Waals surface area (Å²) in [5.74, 6) is 1.35. The minimum atomic E-state index is -0.163.